The van der Waals surface area contributed by atoms with Gasteiger partial charge in [0, 0.05) is 31.7 Å². The quantitative estimate of drug-likeness (QED) is 0.731. The van der Waals surface area contributed by atoms with E-state index < -0.39 is 0 Å². The monoisotopic (exact) mass is 305 g/mol. The molecule has 1 aromatic carbocycles. The van der Waals surface area contributed by atoms with Crippen molar-refractivity contribution < 1.29 is 0 Å². The van der Waals surface area contributed by atoms with E-state index in [1.807, 2.05) is 19.2 Å². The molecule has 3 rings (SSSR count). The van der Waals surface area contributed by atoms with Gasteiger partial charge in [-0.15, -0.1) is 0 Å². The van der Waals surface area contributed by atoms with Gasteiger partial charge in [0.2, 0.25) is 5.95 Å². The van der Waals surface area contributed by atoms with Crippen LogP contribution in [0.5, 0.6) is 0 Å². The Bertz CT molecular complexity index is 724. The molecule has 0 bridgehead atoms. The Balaban J connectivity index is 1.51. The highest BCUT2D eigenvalue weighted by molar-refractivity contribution is 5.37. The topological polar surface area (TPSA) is 62.7 Å². The maximum atomic E-state index is 4.34. The predicted octanol–water partition coefficient (Wildman–Crippen LogP) is 3.40. The summed E-state index contributed by atoms with van der Waals surface area (Å²) in [4.78, 5) is 12.6. The van der Waals surface area contributed by atoms with Gasteiger partial charge in [0.25, 0.3) is 0 Å². The van der Waals surface area contributed by atoms with E-state index in [1.165, 1.54) is 11.1 Å². The normalized spacial score (nSPS) is 10.3. The van der Waals surface area contributed by atoms with E-state index in [0.717, 1.165) is 17.9 Å². The molecule has 0 aliphatic heterocycles. The first kappa shape index (κ1) is 15.0. The van der Waals surface area contributed by atoms with Gasteiger partial charge in [0.15, 0.2) is 0 Å². The van der Waals surface area contributed by atoms with Crippen LogP contribution in [0.3, 0.4) is 0 Å². The molecule has 0 aliphatic carbocycles. The first-order valence-corrected chi connectivity index (χ1v) is 7.55. The Morgan fingerprint density at radius 2 is 1.43 bits per heavy atom. The van der Waals surface area contributed by atoms with Gasteiger partial charge in [-0.25, -0.2) is 15.0 Å². The summed E-state index contributed by atoms with van der Waals surface area (Å²) in [5.41, 5.74) is 3.57. The van der Waals surface area contributed by atoms with Gasteiger partial charge in [-0.3, -0.25) is 0 Å². The summed E-state index contributed by atoms with van der Waals surface area (Å²) >= 11 is 0. The fourth-order valence-corrected chi connectivity index (χ4v) is 2.11. The lowest BCUT2D eigenvalue weighted by Gasteiger charge is -2.08. The van der Waals surface area contributed by atoms with E-state index in [-0.39, 0.29) is 0 Å². The van der Waals surface area contributed by atoms with Crippen LogP contribution in [0.1, 0.15) is 16.7 Å². The van der Waals surface area contributed by atoms with Crippen molar-refractivity contribution in [2.45, 2.75) is 20.0 Å². The van der Waals surface area contributed by atoms with Crippen LogP contribution in [0, 0.1) is 6.92 Å². The summed E-state index contributed by atoms with van der Waals surface area (Å²) in [6, 6.07) is 14.3. The second kappa shape index (κ2) is 7.35. The van der Waals surface area contributed by atoms with E-state index in [4.69, 9.17) is 0 Å². The second-order valence-electron chi connectivity index (χ2n) is 5.32. The minimum atomic E-state index is 0.642. The molecular weight excluding hydrogens is 286 g/mol. The molecule has 0 amide bonds. The number of anilines is 2. The third-order valence-electron chi connectivity index (χ3n) is 3.42. The van der Waals surface area contributed by atoms with E-state index >= 15 is 0 Å². The van der Waals surface area contributed by atoms with Crippen molar-refractivity contribution in [3.05, 3.63) is 77.7 Å². The molecule has 5 heteroatoms. The van der Waals surface area contributed by atoms with Gasteiger partial charge in [0.1, 0.15) is 5.82 Å². The smallest absolute Gasteiger partial charge is 0.222 e. The standard InChI is InChI=1S/C18H19N5/c1-14-3-8-17(21-11-14)22-12-15-4-6-16(7-5-15)13-23-18-19-9-2-10-20-18/h2-11H,12-13H2,1H3,(H,21,22)(H,19,20,23). The van der Waals surface area contributed by atoms with Gasteiger partial charge in [-0.1, -0.05) is 30.3 Å². The summed E-state index contributed by atoms with van der Waals surface area (Å²) in [5.74, 6) is 1.53. The molecule has 0 saturated heterocycles. The summed E-state index contributed by atoms with van der Waals surface area (Å²) < 4.78 is 0. The molecule has 0 radical (unpaired) electrons. The third-order valence-corrected chi connectivity index (χ3v) is 3.42. The number of aryl methyl sites for hydroxylation is 1. The largest absolute Gasteiger partial charge is 0.366 e. The molecule has 2 heterocycles. The second-order valence-corrected chi connectivity index (χ2v) is 5.32. The van der Waals surface area contributed by atoms with Gasteiger partial charge < -0.3 is 10.6 Å². The number of rotatable bonds is 6. The Morgan fingerprint density at radius 1 is 0.783 bits per heavy atom. The number of pyridine rings is 1. The first-order chi connectivity index (χ1) is 11.3. The molecule has 2 N–H and O–H groups in total. The number of hydrogen-bond donors (Lipinski definition) is 2. The van der Waals surface area contributed by atoms with Crippen molar-refractivity contribution in [3.8, 4) is 0 Å². The molecule has 23 heavy (non-hydrogen) atoms. The Hall–Kier alpha value is -2.95. The fourth-order valence-electron chi connectivity index (χ4n) is 2.11. The van der Waals surface area contributed by atoms with Crippen LogP contribution >= 0.6 is 0 Å². The average molecular weight is 305 g/mol. The number of aromatic nitrogens is 3. The highest BCUT2D eigenvalue weighted by Gasteiger charge is 1.98. The summed E-state index contributed by atoms with van der Waals surface area (Å²) in [7, 11) is 0. The van der Waals surface area contributed by atoms with Crippen molar-refractivity contribution in [1.82, 2.24) is 15.0 Å². The number of hydrogen-bond acceptors (Lipinski definition) is 5. The average Bonchev–Trinajstić information content (AvgIpc) is 2.61. The van der Waals surface area contributed by atoms with Crippen LogP contribution in [-0.4, -0.2) is 15.0 Å². The van der Waals surface area contributed by atoms with Crippen molar-refractivity contribution in [2.75, 3.05) is 10.6 Å². The van der Waals surface area contributed by atoms with Crippen molar-refractivity contribution in [2.24, 2.45) is 0 Å². The maximum Gasteiger partial charge on any atom is 0.222 e. The molecule has 0 fully saturated rings. The summed E-state index contributed by atoms with van der Waals surface area (Å²) in [6.45, 7) is 3.49. The van der Waals surface area contributed by atoms with Crippen LogP contribution < -0.4 is 10.6 Å². The Morgan fingerprint density at radius 3 is 2.04 bits per heavy atom. The van der Waals surface area contributed by atoms with Gasteiger partial charge in [-0.05, 0) is 35.7 Å². The highest BCUT2D eigenvalue weighted by Crippen LogP contribution is 2.09. The van der Waals surface area contributed by atoms with Crippen LogP contribution in [0.4, 0.5) is 11.8 Å². The van der Waals surface area contributed by atoms with Gasteiger partial charge in [0.05, 0.1) is 0 Å². The Labute approximate surface area is 135 Å². The molecule has 0 saturated carbocycles. The van der Waals surface area contributed by atoms with E-state index in [9.17, 15) is 0 Å². The van der Waals surface area contributed by atoms with Crippen LogP contribution in [0.15, 0.2) is 61.1 Å². The number of benzene rings is 1. The lowest BCUT2D eigenvalue weighted by atomic mass is 10.1. The molecule has 0 atom stereocenters. The van der Waals surface area contributed by atoms with E-state index in [2.05, 4.69) is 55.9 Å². The highest BCUT2D eigenvalue weighted by atomic mass is 15.1. The zero-order chi connectivity index (χ0) is 15.9. The molecule has 0 unspecified atom stereocenters. The maximum absolute atomic E-state index is 4.34. The van der Waals surface area contributed by atoms with E-state index in [0.29, 0.717) is 12.5 Å². The predicted molar refractivity (Wildman–Crippen MR) is 92.1 cm³/mol. The lowest BCUT2D eigenvalue weighted by Crippen LogP contribution is -2.04. The summed E-state index contributed by atoms with van der Waals surface area (Å²) in [6.07, 6.45) is 5.31. The first-order valence-electron chi connectivity index (χ1n) is 7.55. The zero-order valence-corrected chi connectivity index (χ0v) is 13.0. The molecule has 116 valence electrons. The van der Waals surface area contributed by atoms with Crippen molar-refractivity contribution >= 4 is 11.8 Å². The lowest BCUT2D eigenvalue weighted by molar-refractivity contribution is 1.05. The van der Waals surface area contributed by atoms with Gasteiger partial charge in [-0.2, -0.15) is 0 Å². The van der Waals surface area contributed by atoms with Crippen LogP contribution in [0.2, 0.25) is 0 Å². The van der Waals surface area contributed by atoms with Gasteiger partial charge >= 0.3 is 0 Å². The fraction of sp³-hybridized carbons (Fsp3) is 0.167. The van der Waals surface area contributed by atoms with Crippen LogP contribution in [-0.2, 0) is 13.1 Å². The number of nitrogens with one attached hydrogen (secondary N) is 2. The molecule has 2 aromatic heterocycles. The Kier molecular flexibility index (Phi) is 4.79. The zero-order valence-electron chi connectivity index (χ0n) is 13.0. The minimum absolute atomic E-state index is 0.642. The molecule has 0 aliphatic rings. The van der Waals surface area contributed by atoms with Crippen molar-refractivity contribution in [3.63, 3.8) is 0 Å². The molecule has 5 nitrogen and oxygen atoms in total. The van der Waals surface area contributed by atoms with E-state index in [1.54, 1.807) is 18.5 Å². The molecular formula is C18H19N5. The molecule has 3 aromatic rings. The SMILES string of the molecule is Cc1ccc(NCc2ccc(CNc3ncccn3)cc2)nc1. The van der Waals surface area contributed by atoms with Crippen molar-refractivity contribution in [1.29, 1.82) is 0 Å². The molecule has 0 spiro atoms. The number of nitrogens with zero attached hydrogens (tertiary/aromatic N) is 3. The third kappa shape index (κ3) is 4.51. The van der Waals surface area contributed by atoms with Crippen LogP contribution in [0.25, 0.3) is 0 Å². The summed E-state index contributed by atoms with van der Waals surface area (Å²) in [5, 5.41) is 6.51. The minimum Gasteiger partial charge on any atom is -0.366 e.